The molecule has 0 fully saturated rings. The lowest BCUT2D eigenvalue weighted by atomic mass is 10.1. The van der Waals surface area contributed by atoms with E-state index >= 15 is 0 Å². The van der Waals surface area contributed by atoms with E-state index < -0.39 is 15.9 Å². The highest BCUT2D eigenvalue weighted by molar-refractivity contribution is 7.92. The number of sulfonamides is 1. The number of nitrogens with one attached hydrogen (secondary N) is 2. The maximum Gasteiger partial charge on any atom is 0.262 e. The molecule has 0 aliphatic heterocycles. The van der Waals surface area contributed by atoms with Crippen LogP contribution in [0.15, 0.2) is 71.6 Å². The predicted molar refractivity (Wildman–Crippen MR) is 124 cm³/mol. The van der Waals surface area contributed by atoms with Crippen LogP contribution in [0.4, 0.5) is 11.4 Å². The zero-order valence-electron chi connectivity index (χ0n) is 17.4. The number of anilines is 2. The van der Waals surface area contributed by atoms with E-state index in [1.165, 1.54) is 25.1 Å². The molecule has 0 aliphatic rings. The standard InChI is InChI=1S/C23H21ClN2O5S/c1-15-6-8-18(9-7-15)26-32(29,30)20-10-11-22(21(24)13-20)31-14-23(28)25-19-5-3-4-17(12-19)16(2)27/h3-13,26H,14H2,1-2H3,(H,25,28). The number of rotatable bonds is 8. The number of ketones is 1. The Hall–Kier alpha value is -3.36. The molecule has 0 spiro atoms. The maximum atomic E-state index is 12.6. The van der Waals surface area contributed by atoms with Crippen molar-refractivity contribution < 1.29 is 22.7 Å². The summed E-state index contributed by atoms with van der Waals surface area (Å²) < 4.78 is 33.1. The van der Waals surface area contributed by atoms with Gasteiger partial charge in [0.1, 0.15) is 5.75 Å². The molecule has 3 aromatic carbocycles. The molecule has 0 saturated heterocycles. The van der Waals surface area contributed by atoms with Crippen LogP contribution < -0.4 is 14.8 Å². The third-order valence-corrected chi connectivity index (χ3v) is 6.10. The third kappa shape index (κ3) is 6.09. The summed E-state index contributed by atoms with van der Waals surface area (Å²) in [7, 11) is -3.85. The van der Waals surface area contributed by atoms with Gasteiger partial charge in [0.05, 0.1) is 9.92 Å². The Morgan fingerprint density at radius 2 is 1.69 bits per heavy atom. The monoisotopic (exact) mass is 472 g/mol. The van der Waals surface area contributed by atoms with E-state index in [2.05, 4.69) is 10.0 Å². The number of hydrogen-bond donors (Lipinski definition) is 2. The van der Waals surface area contributed by atoms with Crippen LogP contribution in [0.2, 0.25) is 5.02 Å². The Morgan fingerprint density at radius 1 is 0.969 bits per heavy atom. The summed E-state index contributed by atoms with van der Waals surface area (Å²) in [6.45, 7) is 2.99. The second kappa shape index (κ2) is 9.84. The number of halogens is 1. The van der Waals surface area contributed by atoms with Crippen LogP contribution in [-0.2, 0) is 14.8 Å². The van der Waals surface area contributed by atoms with Crippen LogP contribution in [0, 0.1) is 6.92 Å². The van der Waals surface area contributed by atoms with E-state index in [-0.39, 0.29) is 28.1 Å². The number of aryl methyl sites for hydroxylation is 1. The van der Waals surface area contributed by atoms with Crippen molar-refractivity contribution in [1.29, 1.82) is 0 Å². The topological polar surface area (TPSA) is 102 Å². The van der Waals surface area contributed by atoms with Crippen molar-refractivity contribution >= 4 is 44.7 Å². The Morgan fingerprint density at radius 3 is 2.34 bits per heavy atom. The first kappa shape index (κ1) is 23.3. The lowest BCUT2D eigenvalue weighted by Crippen LogP contribution is -2.20. The van der Waals surface area contributed by atoms with Gasteiger partial charge in [-0.1, -0.05) is 41.4 Å². The number of Topliss-reactive ketones (excluding diaryl/α,β-unsaturated/α-hetero) is 1. The van der Waals surface area contributed by atoms with Crippen molar-refractivity contribution in [2.75, 3.05) is 16.6 Å². The smallest absolute Gasteiger partial charge is 0.262 e. The summed E-state index contributed by atoms with van der Waals surface area (Å²) in [5.41, 5.74) is 2.37. The first-order valence-corrected chi connectivity index (χ1v) is 11.4. The molecule has 0 atom stereocenters. The quantitative estimate of drug-likeness (QED) is 0.464. The van der Waals surface area contributed by atoms with Crippen LogP contribution in [0.5, 0.6) is 5.75 Å². The third-order valence-electron chi connectivity index (χ3n) is 4.43. The van der Waals surface area contributed by atoms with Gasteiger partial charge in [0.2, 0.25) is 0 Å². The molecule has 3 aromatic rings. The molecule has 32 heavy (non-hydrogen) atoms. The second-order valence-electron chi connectivity index (χ2n) is 7.04. The largest absolute Gasteiger partial charge is 0.482 e. The van der Waals surface area contributed by atoms with Crippen molar-refractivity contribution in [3.8, 4) is 5.75 Å². The van der Waals surface area contributed by atoms with Gasteiger partial charge in [-0.25, -0.2) is 8.42 Å². The van der Waals surface area contributed by atoms with Gasteiger partial charge >= 0.3 is 0 Å². The number of hydrogen-bond acceptors (Lipinski definition) is 5. The Balaban J connectivity index is 1.63. The molecule has 1 amide bonds. The minimum atomic E-state index is -3.85. The molecule has 7 nitrogen and oxygen atoms in total. The molecule has 166 valence electrons. The van der Waals surface area contributed by atoms with Crippen LogP contribution in [0.3, 0.4) is 0 Å². The Bertz CT molecular complexity index is 1260. The fourth-order valence-electron chi connectivity index (χ4n) is 2.76. The van der Waals surface area contributed by atoms with Gasteiger partial charge < -0.3 is 10.1 Å². The lowest BCUT2D eigenvalue weighted by Gasteiger charge is -2.12. The normalized spacial score (nSPS) is 11.0. The highest BCUT2D eigenvalue weighted by Crippen LogP contribution is 2.28. The van der Waals surface area contributed by atoms with E-state index in [1.807, 2.05) is 6.92 Å². The van der Waals surface area contributed by atoms with Crippen LogP contribution >= 0.6 is 11.6 Å². The molecule has 0 saturated carbocycles. The van der Waals surface area contributed by atoms with E-state index in [9.17, 15) is 18.0 Å². The van der Waals surface area contributed by atoms with Gasteiger partial charge in [0, 0.05) is 16.9 Å². The lowest BCUT2D eigenvalue weighted by molar-refractivity contribution is -0.118. The Labute approximate surface area is 191 Å². The SMILES string of the molecule is CC(=O)c1cccc(NC(=O)COc2ccc(S(=O)(=O)Nc3ccc(C)cc3)cc2Cl)c1. The van der Waals surface area contributed by atoms with Gasteiger partial charge in [-0.05, 0) is 56.3 Å². The van der Waals surface area contributed by atoms with E-state index in [0.29, 0.717) is 16.9 Å². The molecule has 0 aromatic heterocycles. The van der Waals surface area contributed by atoms with Crippen molar-refractivity contribution in [2.24, 2.45) is 0 Å². The number of ether oxygens (including phenoxy) is 1. The molecular weight excluding hydrogens is 452 g/mol. The maximum absolute atomic E-state index is 12.6. The highest BCUT2D eigenvalue weighted by atomic mass is 35.5. The average Bonchev–Trinajstić information content (AvgIpc) is 2.74. The zero-order valence-corrected chi connectivity index (χ0v) is 19.0. The van der Waals surface area contributed by atoms with E-state index in [0.717, 1.165) is 5.56 Å². The first-order chi connectivity index (χ1) is 15.1. The summed E-state index contributed by atoms with van der Waals surface area (Å²) in [5, 5.41) is 2.67. The number of carbonyl (C=O) groups is 2. The van der Waals surface area contributed by atoms with Gasteiger partial charge in [0.15, 0.2) is 12.4 Å². The Kier molecular flexibility index (Phi) is 7.17. The molecule has 0 aliphatic carbocycles. The predicted octanol–water partition coefficient (Wildman–Crippen LogP) is 4.67. The van der Waals surface area contributed by atoms with Gasteiger partial charge in [-0.2, -0.15) is 0 Å². The summed E-state index contributed by atoms with van der Waals surface area (Å²) >= 11 is 6.17. The molecule has 0 bridgehead atoms. The van der Waals surface area contributed by atoms with Crippen LogP contribution in [0.25, 0.3) is 0 Å². The van der Waals surface area contributed by atoms with Crippen LogP contribution in [-0.4, -0.2) is 26.7 Å². The van der Waals surface area contributed by atoms with Crippen molar-refractivity contribution in [1.82, 2.24) is 0 Å². The highest BCUT2D eigenvalue weighted by Gasteiger charge is 2.17. The van der Waals surface area contributed by atoms with Gasteiger partial charge in [-0.3, -0.25) is 14.3 Å². The fourth-order valence-corrected chi connectivity index (χ4v) is 4.14. The van der Waals surface area contributed by atoms with Crippen molar-refractivity contribution in [3.63, 3.8) is 0 Å². The number of amides is 1. The minimum absolute atomic E-state index is 0.0408. The zero-order chi connectivity index (χ0) is 23.3. The molecular formula is C23H21ClN2O5S. The number of carbonyl (C=O) groups excluding carboxylic acids is 2. The van der Waals surface area contributed by atoms with Crippen molar-refractivity contribution in [2.45, 2.75) is 18.7 Å². The second-order valence-corrected chi connectivity index (χ2v) is 9.13. The van der Waals surface area contributed by atoms with Gasteiger partial charge in [-0.15, -0.1) is 0 Å². The first-order valence-electron chi connectivity index (χ1n) is 9.57. The summed E-state index contributed by atoms with van der Waals surface area (Å²) in [5.74, 6) is -0.413. The summed E-state index contributed by atoms with van der Waals surface area (Å²) in [6.07, 6.45) is 0. The van der Waals surface area contributed by atoms with E-state index in [4.69, 9.17) is 16.3 Å². The summed E-state index contributed by atoms with van der Waals surface area (Å²) in [4.78, 5) is 23.6. The molecule has 2 N–H and O–H groups in total. The number of benzene rings is 3. The van der Waals surface area contributed by atoms with E-state index in [1.54, 1.807) is 48.5 Å². The van der Waals surface area contributed by atoms with Gasteiger partial charge in [0.25, 0.3) is 15.9 Å². The fraction of sp³-hybridized carbons (Fsp3) is 0.130. The summed E-state index contributed by atoms with van der Waals surface area (Å²) in [6, 6.07) is 17.4. The molecule has 0 unspecified atom stereocenters. The van der Waals surface area contributed by atoms with Crippen molar-refractivity contribution in [3.05, 3.63) is 82.9 Å². The van der Waals surface area contributed by atoms with Crippen LogP contribution in [0.1, 0.15) is 22.8 Å². The average molecular weight is 473 g/mol. The molecule has 0 heterocycles. The molecule has 0 radical (unpaired) electrons. The molecule has 9 heteroatoms. The minimum Gasteiger partial charge on any atom is -0.482 e. The molecule has 3 rings (SSSR count).